The van der Waals surface area contributed by atoms with Gasteiger partial charge in [-0.05, 0) is 62.2 Å². The van der Waals surface area contributed by atoms with E-state index in [-0.39, 0.29) is 10.8 Å². The zero-order chi connectivity index (χ0) is 21.0. The average molecular weight is 457 g/mol. The molecule has 1 N–H and O–H groups in total. The molecule has 0 bridgehead atoms. The average Bonchev–Trinajstić information content (AvgIpc) is 2.71. The number of nitrogens with zero attached hydrogens (tertiary/aromatic N) is 1. The number of sulfonamides is 1. The molecule has 1 saturated heterocycles. The lowest BCUT2D eigenvalue weighted by Gasteiger charge is -2.25. The lowest BCUT2D eigenvalue weighted by Crippen LogP contribution is -2.35. The normalized spacial score (nSPS) is 16.2. The minimum absolute atomic E-state index is 0.217. The second-order valence-electron chi connectivity index (χ2n) is 6.81. The van der Waals surface area contributed by atoms with Crippen molar-refractivity contribution in [3.8, 4) is 5.75 Å². The molecule has 0 saturated carbocycles. The van der Waals surface area contributed by atoms with E-state index >= 15 is 0 Å². The summed E-state index contributed by atoms with van der Waals surface area (Å²) >= 11 is 11.9. The molecule has 156 valence electrons. The Kier molecular flexibility index (Phi) is 7.05. The van der Waals surface area contributed by atoms with Gasteiger partial charge in [0.1, 0.15) is 5.75 Å². The topological polar surface area (TPSA) is 75.7 Å². The Morgan fingerprint density at radius 1 is 1.07 bits per heavy atom. The first kappa shape index (κ1) is 21.9. The van der Waals surface area contributed by atoms with Gasteiger partial charge >= 0.3 is 0 Å². The van der Waals surface area contributed by atoms with Gasteiger partial charge in [-0.3, -0.25) is 4.79 Å². The molecule has 0 aliphatic carbocycles. The van der Waals surface area contributed by atoms with Crippen LogP contribution < -0.4 is 10.1 Å². The predicted octanol–water partition coefficient (Wildman–Crippen LogP) is 4.57. The zero-order valence-corrected chi connectivity index (χ0v) is 18.2. The van der Waals surface area contributed by atoms with Gasteiger partial charge in [-0.15, -0.1) is 0 Å². The molecule has 1 fully saturated rings. The largest absolute Gasteiger partial charge is 0.479 e. The smallest absolute Gasteiger partial charge is 0.265 e. The monoisotopic (exact) mass is 456 g/mol. The van der Waals surface area contributed by atoms with E-state index in [1.165, 1.54) is 22.5 Å². The molecular weight excluding hydrogens is 435 g/mol. The molecule has 2 aromatic rings. The SMILES string of the molecule is C[C@H](Oc1ccc(Cl)cc1Cl)C(=O)Nc1ccc(S(=O)(=O)N2CCCCC2)cc1. The van der Waals surface area contributed by atoms with Crippen LogP contribution >= 0.6 is 23.2 Å². The van der Waals surface area contributed by atoms with Crippen LogP contribution in [0.1, 0.15) is 26.2 Å². The molecule has 0 spiro atoms. The maximum Gasteiger partial charge on any atom is 0.265 e. The number of hydrogen-bond donors (Lipinski definition) is 1. The van der Waals surface area contributed by atoms with E-state index in [9.17, 15) is 13.2 Å². The predicted molar refractivity (Wildman–Crippen MR) is 114 cm³/mol. The van der Waals surface area contributed by atoms with E-state index < -0.39 is 16.1 Å². The first-order valence-corrected chi connectivity index (χ1v) is 11.5. The molecule has 2 aromatic carbocycles. The zero-order valence-electron chi connectivity index (χ0n) is 15.9. The van der Waals surface area contributed by atoms with E-state index in [0.29, 0.717) is 34.6 Å². The Labute approximate surface area is 180 Å². The minimum Gasteiger partial charge on any atom is -0.479 e. The van der Waals surface area contributed by atoms with Crippen LogP contribution in [0.5, 0.6) is 5.75 Å². The number of hydrogen-bond acceptors (Lipinski definition) is 4. The van der Waals surface area contributed by atoms with E-state index in [1.54, 1.807) is 31.2 Å². The fourth-order valence-corrected chi connectivity index (χ4v) is 4.99. The number of benzene rings is 2. The molecule has 0 radical (unpaired) electrons. The first-order chi connectivity index (χ1) is 13.8. The number of carbonyl (C=O) groups is 1. The van der Waals surface area contributed by atoms with Crippen molar-refractivity contribution in [2.45, 2.75) is 37.2 Å². The van der Waals surface area contributed by atoms with Crippen molar-refractivity contribution in [3.05, 3.63) is 52.5 Å². The van der Waals surface area contributed by atoms with Crippen LogP contribution in [-0.4, -0.2) is 37.8 Å². The van der Waals surface area contributed by atoms with Gasteiger partial charge in [-0.1, -0.05) is 29.6 Å². The van der Waals surface area contributed by atoms with Crippen molar-refractivity contribution in [2.24, 2.45) is 0 Å². The van der Waals surface area contributed by atoms with Crippen LogP contribution in [0.15, 0.2) is 47.4 Å². The standard InChI is InChI=1S/C20H22Cl2N2O4S/c1-14(28-19-10-5-15(21)13-18(19)22)20(25)23-16-6-8-17(9-7-16)29(26,27)24-11-3-2-4-12-24/h5-10,13-14H,2-4,11-12H2,1H3,(H,23,25)/t14-/m0/s1. The first-order valence-electron chi connectivity index (χ1n) is 9.30. The molecule has 9 heteroatoms. The summed E-state index contributed by atoms with van der Waals surface area (Å²) in [6, 6.07) is 10.9. The van der Waals surface area contributed by atoms with Gasteiger partial charge < -0.3 is 10.1 Å². The molecule has 1 amide bonds. The second kappa shape index (κ2) is 9.34. The number of nitrogens with one attached hydrogen (secondary N) is 1. The third-order valence-electron chi connectivity index (χ3n) is 4.64. The quantitative estimate of drug-likeness (QED) is 0.690. The van der Waals surface area contributed by atoms with Gasteiger partial charge in [0.05, 0.1) is 9.92 Å². The molecule has 1 heterocycles. The van der Waals surface area contributed by atoms with Crippen LogP contribution in [-0.2, 0) is 14.8 Å². The number of rotatable bonds is 6. The van der Waals surface area contributed by atoms with Gasteiger partial charge in [0.25, 0.3) is 5.91 Å². The summed E-state index contributed by atoms with van der Waals surface area (Å²) in [5, 5.41) is 3.49. The highest BCUT2D eigenvalue weighted by molar-refractivity contribution is 7.89. The van der Waals surface area contributed by atoms with Crippen LogP contribution in [0.4, 0.5) is 5.69 Å². The van der Waals surface area contributed by atoms with Crippen LogP contribution in [0, 0.1) is 0 Å². The summed E-state index contributed by atoms with van der Waals surface area (Å²) in [6.07, 6.45) is 2.00. The Balaban J connectivity index is 1.63. The molecule has 29 heavy (non-hydrogen) atoms. The van der Waals surface area contributed by atoms with Crippen LogP contribution in [0.3, 0.4) is 0 Å². The number of carbonyl (C=O) groups excluding carboxylic acids is 1. The molecule has 0 unspecified atom stereocenters. The molecule has 3 rings (SSSR count). The maximum absolute atomic E-state index is 12.7. The molecule has 0 aromatic heterocycles. The van der Waals surface area contributed by atoms with E-state index in [0.717, 1.165) is 19.3 Å². The molecule has 1 aliphatic heterocycles. The number of amides is 1. The lowest BCUT2D eigenvalue weighted by molar-refractivity contribution is -0.122. The number of anilines is 1. The van der Waals surface area contributed by atoms with Crippen molar-refractivity contribution in [2.75, 3.05) is 18.4 Å². The van der Waals surface area contributed by atoms with Crippen molar-refractivity contribution in [3.63, 3.8) is 0 Å². The van der Waals surface area contributed by atoms with Crippen molar-refractivity contribution >= 4 is 44.8 Å². The van der Waals surface area contributed by atoms with Gasteiger partial charge in [-0.2, -0.15) is 4.31 Å². The highest BCUT2D eigenvalue weighted by atomic mass is 35.5. The number of piperidine rings is 1. The third-order valence-corrected chi connectivity index (χ3v) is 7.08. The van der Waals surface area contributed by atoms with Crippen molar-refractivity contribution in [1.29, 1.82) is 0 Å². The summed E-state index contributed by atoms with van der Waals surface area (Å²) < 4.78 is 32.5. The Hall–Kier alpha value is -1.80. The molecule has 1 atom stereocenters. The van der Waals surface area contributed by atoms with Gasteiger partial charge in [0, 0.05) is 23.8 Å². The highest BCUT2D eigenvalue weighted by Crippen LogP contribution is 2.28. The summed E-state index contributed by atoms with van der Waals surface area (Å²) in [4.78, 5) is 12.6. The second-order valence-corrected chi connectivity index (χ2v) is 9.59. The number of halogens is 2. The van der Waals surface area contributed by atoms with Crippen molar-refractivity contribution < 1.29 is 17.9 Å². The summed E-state index contributed by atoms with van der Waals surface area (Å²) in [7, 11) is -3.50. The van der Waals surface area contributed by atoms with E-state index in [2.05, 4.69) is 5.32 Å². The molecule has 6 nitrogen and oxygen atoms in total. The third kappa shape index (κ3) is 5.42. The Bertz CT molecular complexity index is 974. The minimum atomic E-state index is -3.50. The Morgan fingerprint density at radius 2 is 1.72 bits per heavy atom. The van der Waals surface area contributed by atoms with Gasteiger partial charge in [0.2, 0.25) is 10.0 Å². The fraction of sp³-hybridized carbons (Fsp3) is 0.350. The van der Waals surface area contributed by atoms with Crippen LogP contribution in [0.25, 0.3) is 0 Å². The van der Waals surface area contributed by atoms with E-state index in [4.69, 9.17) is 27.9 Å². The highest BCUT2D eigenvalue weighted by Gasteiger charge is 2.26. The van der Waals surface area contributed by atoms with Gasteiger partial charge in [-0.25, -0.2) is 8.42 Å². The number of ether oxygens (including phenoxy) is 1. The van der Waals surface area contributed by atoms with Crippen LogP contribution in [0.2, 0.25) is 10.0 Å². The van der Waals surface area contributed by atoms with Crippen molar-refractivity contribution in [1.82, 2.24) is 4.31 Å². The molecular formula is C20H22Cl2N2O4S. The Morgan fingerprint density at radius 3 is 2.34 bits per heavy atom. The summed E-state index contributed by atoms with van der Waals surface area (Å²) in [6.45, 7) is 2.68. The molecule has 1 aliphatic rings. The summed E-state index contributed by atoms with van der Waals surface area (Å²) in [5.41, 5.74) is 0.477. The van der Waals surface area contributed by atoms with Gasteiger partial charge in [0.15, 0.2) is 6.10 Å². The fourth-order valence-electron chi connectivity index (χ4n) is 3.02. The lowest BCUT2D eigenvalue weighted by atomic mass is 10.2. The van der Waals surface area contributed by atoms with E-state index in [1.807, 2.05) is 0 Å². The maximum atomic E-state index is 12.7. The summed E-state index contributed by atoms with van der Waals surface area (Å²) in [5.74, 6) is -0.0376.